The third kappa shape index (κ3) is 3.80. The highest BCUT2D eigenvalue weighted by molar-refractivity contribution is 5.82. The summed E-state index contributed by atoms with van der Waals surface area (Å²) < 4.78 is 0. The van der Waals surface area contributed by atoms with E-state index in [4.69, 9.17) is 0 Å². The second-order valence-electron chi connectivity index (χ2n) is 5.14. The number of nitrogens with one attached hydrogen (secondary N) is 1. The third-order valence-corrected chi connectivity index (χ3v) is 3.71. The van der Waals surface area contributed by atoms with Crippen LogP contribution in [-0.4, -0.2) is 54.3 Å². The fourth-order valence-electron chi connectivity index (χ4n) is 2.71. The van der Waals surface area contributed by atoms with Crippen LogP contribution in [0.3, 0.4) is 0 Å². The molecule has 1 heterocycles. The zero-order chi connectivity index (χ0) is 13.7. The van der Waals surface area contributed by atoms with E-state index in [1.165, 1.54) is 18.5 Å². The topological polar surface area (TPSA) is 52.7 Å². The number of carbonyl (C=O) groups is 2. The normalized spacial score (nSPS) is 20.7. The Morgan fingerprint density at radius 2 is 2.32 bits per heavy atom. The van der Waals surface area contributed by atoms with Crippen molar-refractivity contribution in [2.45, 2.75) is 32.6 Å². The molecule has 5 nitrogen and oxygen atoms in total. The lowest BCUT2D eigenvalue weighted by Gasteiger charge is -2.31. The molecule has 1 saturated heterocycles. The van der Waals surface area contributed by atoms with E-state index >= 15 is 0 Å². The Morgan fingerprint density at radius 1 is 1.47 bits per heavy atom. The molecule has 1 aliphatic carbocycles. The van der Waals surface area contributed by atoms with Crippen molar-refractivity contribution in [3.63, 3.8) is 0 Å². The molecule has 2 amide bonds. The van der Waals surface area contributed by atoms with Crippen molar-refractivity contribution in [2.75, 3.05) is 32.7 Å². The zero-order valence-corrected chi connectivity index (χ0v) is 11.7. The van der Waals surface area contributed by atoms with Crippen LogP contribution in [0.1, 0.15) is 32.6 Å². The summed E-state index contributed by atoms with van der Waals surface area (Å²) >= 11 is 0. The first-order chi connectivity index (χ1) is 9.20. The molecule has 0 aromatic rings. The van der Waals surface area contributed by atoms with Crippen LogP contribution in [0.4, 0.5) is 0 Å². The Morgan fingerprint density at radius 3 is 2.95 bits per heavy atom. The minimum Gasteiger partial charge on any atom is -0.354 e. The SMILES string of the molecule is CCN(C(=O)CN1CCNC(=O)C1)C1=CCCCC1. The van der Waals surface area contributed by atoms with Crippen LogP contribution >= 0.6 is 0 Å². The van der Waals surface area contributed by atoms with E-state index < -0.39 is 0 Å². The number of nitrogens with zero attached hydrogens (tertiary/aromatic N) is 2. The van der Waals surface area contributed by atoms with Crippen molar-refractivity contribution >= 4 is 11.8 Å². The van der Waals surface area contributed by atoms with Crippen LogP contribution in [0.5, 0.6) is 0 Å². The molecule has 0 saturated carbocycles. The number of allylic oxidation sites excluding steroid dienone is 2. The summed E-state index contributed by atoms with van der Waals surface area (Å²) in [7, 11) is 0. The highest BCUT2D eigenvalue weighted by Crippen LogP contribution is 2.21. The fraction of sp³-hybridized carbons (Fsp3) is 0.714. The van der Waals surface area contributed by atoms with E-state index in [0.29, 0.717) is 26.2 Å². The molecule has 0 aromatic heterocycles. The van der Waals surface area contributed by atoms with Crippen molar-refractivity contribution < 1.29 is 9.59 Å². The first-order valence-corrected chi connectivity index (χ1v) is 7.19. The number of hydrogen-bond donors (Lipinski definition) is 1. The van der Waals surface area contributed by atoms with Gasteiger partial charge in [-0.25, -0.2) is 0 Å². The molecular weight excluding hydrogens is 242 g/mol. The van der Waals surface area contributed by atoms with Gasteiger partial charge in [-0.3, -0.25) is 14.5 Å². The summed E-state index contributed by atoms with van der Waals surface area (Å²) in [6.45, 7) is 4.80. The number of carbonyl (C=O) groups excluding carboxylic acids is 2. The summed E-state index contributed by atoms with van der Waals surface area (Å²) in [6, 6.07) is 0. The highest BCUT2D eigenvalue weighted by atomic mass is 16.2. The molecule has 1 aliphatic heterocycles. The average Bonchev–Trinajstić information content (AvgIpc) is 2.41. The molecule has 0 spiro atoms. The molecule has 0 atom stereocenters. The van der Waals surface area contributed by atoms with Crippen molar-refractivity contribution in [1.82, 2.24) is 15.1 Å². The molecule has 2 rings (SSSR count). The van der Waals surface area contributed by atoms with Gasteiger partial charge >= 0.3 is 0 Å². The van der Waals surface area contributed by atoms with E-state index in [2.05, 4.69) is 11.4 Å². The van der Waals surface area contributed by atoms with Crippen LogP contribution in [0.25, 0.3) is 0 Å². The molecule has 5 heteroatoms. The van der Waals surface area contributed by atoms with Gasteiger partial charge in [-0.1, -0.05) is 6.08 Å². The van der Waals surface area contributed by atoms with Gasteiger partial charge in [0.1, 0.15) is 0 Å². The maximum atomic E-state index is 12.4. The zero-order valence-electron chi connectivity index (χ0n) is 11.7. The molecule has 1 fully saturated rings. The molecule has 2 aliphatic rings. The van der Waals surface area contributed by atoms with E-state index in [-0.39, 0.29) is 11.8 Å². The molecule has 1 N–H and O–H groups in total. The summed E-state index contributed by atoms with van der Waals surface area (Å²) in [5.41, 5.74) is 1.17. The molecule has 0 radical (unpaired) electrons. The smallest absolute Gasteiger partial charge is 0.240 e. The first-order valence-electron chi connectivity index (χ1n) is 7.19. The van der Waals surface area contributed by atoms with E-state index in [1.54, 1.807) is 0 Å². The Labute approximate surface area is 114 Å². The van der Waals surface area contributed by atoms with Crippen LogP contribution in [0, 0.1) is 0 Å². The molecule has 106 valence electrons. The molecule has 0 aromatic carbocycles. The first kappa shape index (κ1) is 14.1. The lowest BCUT2D eigenvalue weighted by atomic mass is 10.0. The molecule has 0 bridgehead atoms. The summed E-state index contributed by atoms with van der Waals surface area (Å²) in [6.07, 6.45) is 6.66. The van der Waals surface area contributed by atoms with Crippen LogP contribution in [-0.2, 0) is 9.59 Å². The minimum absolute atomic E-state index is 0.0129. The van der Waals surface area contributed by atoms with Gasteiger partial charge in [0.05, 0.1) is 13.1 Å². The van der Waals surface area contributed by atoms with Gasteiger partial charge in [0, 0.05) is 25.3 Å². The second kappa shape index (κ2) is 6.70. The van der Waals surface area contributed by atoms with Crippen LogP contribution in [0.2, 0.25) is 0 Å². The Hall–Kier alpha value is -1.36. The Bertz CT molecular complexity index is 379. The van der Waals surface area contributed by atoms with Crippen molar-refractivity contribution in [3.05, 3.63) is 11.8 Å². The Balaban J connectivity index is 1.92. The number of piperazine rings is 1. The van der Waals surface area contributed by atoms with Crippen LogP contribution < -0.4 is 5.32 Å². The van der Waals surface area contributed by atoms with Gasteiger partial charge in [0.15, 0.2) is 0 Å². The minimum atomic E-state index is 0.0129. The quantitative estimate of drug-likeness (QED) is 0.815. The lowest BCUT2D eigenvalue weighted by molar-refractivity contribution is -0.132. The molecule has 0 unspecified atom stereocenters. The van der Waals surface area contributed by atoms with Crippen LogP contribution in [0.15, 0.2) is 11.8 Å². The number of hydrogen-bond acceptors (Lipinski definition) is 3. The average molecular weight is 265 g/mol. The predicted molar refractivity (Wildman–Crippen MR) is 73.4 cm³/mol. The van der Waals surface area contributed by atoms with Crippen molar-refractivity contribution in [1.29, 1.82) is 0 Å². The third-order valence-electron chi connectivity index (χ3n) is 3.71. The Kier molecular flexibility index (Phi) is 4.96. The monoisotopic (exact) mass is 265 g/mol. The van der Waals surface area contributed by atoms with E-state index in [0.717, 1.165) is 19.4 Å². The van der Waals surface area contributed by atoms with E-state index in [1.807, 2.05) is 16.7 Å². The standard InChI is InChI=1S/C14H23N3O2/c1-2-17(12-6-4-3-5-7-12)14(19)11-16-9-8-15-13(18)10-16/h6H,2-5,7-11H2,1H3,(H,15,18). The highest BCUT2D eigenvalue weighted by Gasteiger charge is 2.23. The van der Waals surface area contributed by atoms with Gasteiger partial charge < -0.3 is 10.2 Å². The van der Waals surface area contributed by atoms with Gasteiger partial charge in [-0.2, -0.15) is 0 Å². The lowest BCUT2D eigenvalue weighted by Crippen LogP contribution is -2.51. The number of rotatable bonds is 4. The van der Waals surface area contributed by atoms with Crippen molar-refractivity contribution in [2.24, 2.45) is 0 Å². The maximum Gasteiger partial charge on any atom is 0.240 e. The van der Waals surface area contributed by atoms with Gasteiger partial charge in [0.25, 0.3) is 0 Å². The van der Waals surface area contributed by atoms with Gasteiger partial charge in [-0.05, 0) is 32.6 Å². The predicted octanol–water partition coefficient (Wildman–Crippen LogP) is 0.725. The van der Waals surface area contributed by atoms with E-state index in [9.17, 15) is 9.59 Å². The summed E-state index contributed by atoms with van der Waals surface area (Å²) in [5.74, 6) is 0.129. The maximum absolute atomic E-state index is 12.4. The molecule has 19 heavy (non-hydrogen) atoms. The second-order valence-corrected chi connectivity index (χ2v) is 5.14. The largest absolute Gasteiger partial charge is 0.354 e. The fourth-order valence-corrected chi connectivity index (χ4v) is 2.71. The van der Waals surface area contributed by atoms with Gasteiger partial charge in [0.2, 0.25) is 11.8 Å². The summed E-state index contributed by atoms with van der Waals surface area (Å²) in [5, 5.41) is 2.77. The summed E-state index contributed by atoms with van der Waals surface area (Å²) in [4.78, 5) is 27.5. The van der Waals surface area contributed by atoms with Gasteiger partial charge in [-0.15, -0.1) is 0 Å². The number of likely N-dealkylation sites (N-methyl/N-ethyl adjacent to an activating group) is 1. The van der Waals surface area contributed by atoms with Crippen molar-refractivity contribution in [3.8, 4) is 0 Å². The number of amides is 2. The molecular formula is C14H23N3O2.